The molecule has 2 aromatic carbocycles. The van der Waals surface area contributed by atoms with Gasteiger partial charge in [-0.25, -0.2) is 17.8 Å². The summed E-state index contributed by atoms with van der Waals surface area (Å²) in [6.07, 6.45) is 0. The van der Waals surface area contributed by atoms with E-state index in [0.29, 0.717) is 11.0 Å². The average Bonchev–Trinajstić information content (AvgIpc) is 3.15. The number of nitriles is 1. The smallest absolute Gasteiger partial charge is 0.321 e. The van der Waals surface area contributed by atoms with Gasteiger partial charge in [0.2, 0.25) is 10.0 Å². The van der Waals surface area contributed by atoms with Crippen LogP contribution >= 0.6 is 0 Å². The number of carbonyl (C=O) groups is 1. The van der Waals surface area contributed by atoms with Crippen LogP contribution in [-0.2, 0) is 19.6 Å². The molecule has 154 valence electrons. The molecule has 0 saturated carbocycles. The number of H-pyrrole nitrogens is 1. The van der Waals surface area contributed by atoms with Crippen molar-refractivity contribution in [2.24, 2.45) is 0 Å². The van der Waals surface area contributed by atoms with Gasteiger partial charge in [0, 0.05) is 0 Å². The Labute approximate surface area is 170 Å². The summed E-state index contributed by atoms with van der Waals surface area (Å²) in [7, 11) is -4.05. The molecule has 0 fully saturated rings. The standard InChI is InChI=1S/C19H15FN4O5S/c20-12-5-7-13(8-6-12)30(27,28)22-10-18(26)29-11-17(25)14(9-21)19-23-15-3-1-2-4-16(15)24-19/h1-8,22,25H,10-11H2,(H,23,24)/b17-14+. The van der Waals surface area contributed by atoms with Crippen LogP contribution in [0.1, 0.15) is 5.82 Å². The van der Waals surface area contributed by atoms with Crippen LogP contribution in [0.2, 0.25) is 0 Å². The van der Waals surface area contributed by atoms with Crippen molar-refractivity contribution in [2.45, 2.75) is 4.90 Å². The van der Waals surface area contributed by atoms with Crippen molar-refractivity contribution in [2.75, 3.05) is 13.2 Å². The molecule has 0 amide bonds. The van der Waals surface area contributed by atoms with E-state index in [9.17, 15) is 28.0 Å². The number of fused-ring (bicyclic) bond motifs is 1. The maximum Gasteiger partial charge on any atom is 0.321 e. The van der Waals surface area contributed by atoms with Gasteiger partial charge in [0.25, 0.3) is 0 Å². The van der Waals surface area contributed by atoms with E-state index in [-0.39, 0.29) is 16.3 Å². The predicted octanol–water partition coefficient (Wildman–Crippen LogP) is 2.02. The number of hydrogen-bond acceptors (Lipinski definition) is 7. The number of sulfonamides is 1. The second-order valence-electron chi connectivity index (χ2n) is 5.98. The number of nitrogens with one attached hydrogen (secondary N) is 2. The largest absolute Gasteiger partial charge is 0.507 e. The van der Waals surface area contributed by atoms with Gasteiger partial charge >= 0.3 is 5.97 Å². The zero-order valence-corrected chi connectivity index (χ0v) is 16.1. The summed E-state index contributed by atoms with van der Waals surface area (Å²) >= 11 is 0. The summed E-state index contributed by atoms with van der Waals surface area (Å²) < 4.78 is 43.8. The number of aromatic nitrogens is 2. The van der Waals surface area contributed by atoms with Crippen LogP contribution in [0.3, 0.4) is 0 Å². The van der Waals surface area contributed by atoms with Gasteiger partial charge < -0.3 is 14.8 Å². The van der Waals surface area contributed by atoms with Gasteiger partial charge in [-0.15, -0.1) is 0 Å². The quantitative estimate of drug-likeness (QED) is 0.295. The lowest BCUT2D eigenvalue weighted by Gasteiger charge is -2.08. The lowest BCUT2D eigenvalue weighted by atomic mass is 10.2. The van der Waals surface area contributed by atoms with Gasteiger partial charge in [0.15, 0.2) is 11.6 Å². The Morgan fingerprint density at radius 3 is 2.60 bits per heavy atom. The van der Waals surface area contributed by atoms with E-state index in [1.807, 2.05) is 4.72 Å². The third-order valence-corrected chi connectivity index (χ3v) is 5.34. The maximum atomic E-state index is 12.9. The lowest BCUT2D eigenvalue weighted by Crippen LogP contribution is -2.31. The molecule has 0 unspecified atom stereocenters. The molecule has 9 nitrogen and oxygen atoms in total. The monoisotopic (exact) mass is 430 g/mol. The van der Waals surface area contributed by atoms with Crippen molar-refractivity contribution in [1.29, 1.82) is 5.26 Å². The second-order valence-corrected chi connectivity index (χ2v) is 7.74. The van der Waals surface area contributed by atoms with Crippen LogP contribution in [0, 0.1) is 17.1 Å². The van der Waals surface area contributed by atoms with Gasteiger partial charge in [-0.3, -0.25) is 4.79 Å². The number of rotatable bonds is 7. The number of ether oxygens (including phenoxy) is 1. The fourth-order valence-corrected chi connectivity index (χ4v) is 3.42. The normalized spacial score (nSPS) is 12.3. The van der Waals surface area contributed by atoms with E-state index < -0.39 is 40.7 Å². The van der Waals surface area contributed by atoms with E-state index >= 15 is 0 Å². The fourth-order valence-electron chi connectivity index (χ4n) is 2.45. The summed E-state index contributed by atoms with van der Waals surface area (Å²) in [5, 5.41) is 19.4. The highest BCUT2D eigenvalue weighted by Crippen LogP contribution is 2.18. The molecule has 0 saturated heterocycles. The Bertz CT molecular complexity index is 1230. The molecule has 0 atom stereocenters. The number of carbonyl (C=O) groups excluding carboxylic acids is 1. The number of benzene rings is 2. The number of esters is 1. The molecule has 30 heavy (non-hydrogen) atoms. The molecule has 0 bridgehead atoms. The van der Waals surface area contributed by atoms with E-state index in [2.05, 4.69) is 9.97 Å². The van der Waals surface area contributed by atoms with Gasteiger partial charge in [-0.1, -0.05) is 12.1 Å². The van der Waals surface area contributed by atoms with Crippen LogP contribution in [0.25, 0.3) is 16.6 Å². The van der Waals surface area contributed by atoms with E-state index in [4.69, 9.17) is 4.74 Å². The van der Waals surface area contributed by atoms with Gasteiger partial charge in [0.05, 0.1) is 15.9 Å². The number of aliphatic hydroxyl groups excluding tert-OH is 1. The Morgan fingerprint density at radius 2 is 1.93 bits per heavy atom. The summed E-state index contributed by atoms with van der Waals surface area (Å²) in [6.45, 7) is -1.38. The highest BCUT2D eigenvalue weighted by molar-refractivity contribution is 7.89. The molecule has 3 rings (SSSR count). The molecule has 0 aliphatic rings. The van der Waals surface area contributed by atoms with Crippen LogP contribution in [0.15, 0.2) is 59.2 Å². The number of aliphatic hydroxyl groups is 1. The minimum atomic E-state index is -4.05. The van der Waals surface area contributed by atoms with Crippen molar-refractivity contribution >= 4 is 32.6 Å². The molecule has 3 N–H and O–H groups in total. The van der Waals surface area contributed by atoms with Crippen molar-refractivity contribution < 1.29 is 27.4 Å². The van der Waals surface area contributed by atoms with Crippen LogP contribution in [0.4, 0.5) is 4.39 Å². The Kier molecular flexibility index (Phi) is 6.10. The highest BCUT2D eigenvalue weighted by Gasteiger charge is 2.18. The van der Waals surface area contributed by atoms with E-state index in [0.717, 1.165) is 24.3 Å². The molecule has 3 aromatic rings. The molecular weight excluding hydrogens is 415 g/mol. The number of halogens is 1. The average molecular weight is 430 g/mol. The third-order valence-electron chi connectivity index (χ3n) is 3.93. The Hall–Kier alpha value is -3.75. The number of imidazole rings is 1. The first-order valence-electron chi connectivity index (χ1n) is 8.48. The zero-order valence-electron chi connectivity index (χ0n) is 15.3. The van der Waals surface area contributed by atoms with Gasteiger partial charge in [-0.2, -0.15) is 9.98 Å². The van der Waals surface area contributed by atoms with E-state index in [1.54, 1.807) is 30.3 Å². The predicted molar refractivity (Wildman–Crippen MR) is 104 cm³/mol. The molecule has 11 heteroatoms. The molecular formula is C19H15FN4O5S. The lowest BCUT2D eigenvalue weighted by molar-refractivity contribution is -0.141. The van der Waals surface area contributed by atoms with Crippen LogP contribution in [0.5, 0.6) is 0 Å². The van der Waals surface area contributed by atoms with Crippen molar-refractivity contribution in [1.82, 2.24) is 14.7 Å². The molecule has 0 radical (unpaired) electrons. The van der Waals surface area contributed by atoms with E-state index in [1.165, 1.54) is 0 Å². The summed E-state index contributed by atoms with van der Waals surface area (Å²) in [5.74, 6) is -2.04. The third kappa shape index (κ3) is 4.80. The Balaban J connectivity index is 1.62. The molecule has 1 heterocycles. The Morgan fingerprint density at radius 1 is 1.23 bits per heavy atom. The molecule has 0 aliphatic heterocycles. The number of nitrogens with zero attached hydrogens (tertiary/aromatic N) is 2. The number of aromatic amines is 1. The van der Waals surface area contributed by atoms with Crippen LogP contribution in [-0.4, -0.2) is 42.6 Å². The first-order valence-corrected chi connectivity index (χ1v) is 9.96. The van der Waals surface area contributed by atoms with Crippen LogP contribution < -0.4 is 4.72 Å². The SMILES string of the molecule is N#C/C(=C(\O)COC(=O)CNS(=O)(=O)c1ccc(F)cc1)c1nc2ccccc2[nH]1. The first-order chi connectivity index (χ1) is 14.3. The molecule has 0 spiro atoms. The minimum absolute atomic E-state index is 0.101. The number of allylic oxidation sites excluding steroid dienone is 1. The van der Waals surface area contributed by atoms with Crippen molar-refractivity contribution in [3.63, 3.8) is 0 Å². The number of para-hydroxylation sites is 2. The van der Waals surface area contributed by atoms with Crippen molar-refractivity contribution in [3.8, 4) is 6.07 Å². The van der Waals surface area contributed by atoms with Gasteiger partial charge in [0.1, 0.15) is 30.6 Å². The topological polar surface area (TPSA) is 145 Å². The summed E-state index contributed by atoms with van der Waals surface area (Å²) in [4.78, 5) is 18.7. The second kappa shape index (κ2) is 8.73. The summed E-state index contributed by atoms with van der Waals surface area (Å²) in [6, 6.07) is 12.8. The first kappa shape index (κ1) is 21.0. The fraction of sp³-hybridized carbons (Fsp3) is 0.105. The maximum absolute atomic E-state index is 12.9. The summed E-state index contributed by atoms with van der Waals surface area (Å²) in [5.41, 5.74) is 1.02. The molecule has 1 aromatic heterocycles. The minimum Gasteiger partial charge on any atom is -0.507 e. The highest BCUT2D eigenvalue weighted by atomic mass is 32.2. The van der Waals surface area contributed by atoms with Gasteiger partial charge in [-0.05, 0) is 36.4 Å². The zero-order chi connectivity index (χ0) is 21.7. The molecule has 0 aliphatic carbocycles. The van der Waals surface area contributed by atoms with Crippen molar-refractivity contribution in [3.05, 3.63) is 65.9 Å². The number of hydrogen-bond donors (Lipinski definition) is 3.